The molecule has 20 heavy (non-hydrogen) atoms. The Balaban J connectivity index is 2.73. The predicted octanol–water partition coefficient (Wildman–Crippen LogP) is 2.16. The first-order chi connectivity index (χ1) is 9.21. The Hall–Kier alpha value is -1.70. The Labute approximate surface area is 115 Å². The summed E-state index contributed by atoms with van der Waals surface area (Å²) in [7, 11) is -2.99. The first kappa shape index (κ1) is 14.7. The van der Waals surface area contributed by atoms with Crippen LogP contribution in [0.1, 0.15) is 13.8 Å². The molecule has 0 aliphatic rings. The van der Waals surface area contributed by atoms with E-state index in [0.29, 0.717) is 5.65 Å². The molecular weight excluding hydrogens is 290 g/mol. The van der Waals surface area contributed by atoms with Gasteiger partial charge in [0, 0.05) is 24.7 Å². The summed E-state index contributed by atoms with van der Waals surface area (Å²) in [6.45, 7) is 1.98. The lowest BCUT2D eigenvalue weighted by Gasteiger charge is -2.24. The smallest absolute Gasteiger partial charge is 0.257 e. The van der Waals surface area contributed by atoms with E-state index in [9.17, 15) is 17.2 Å². The van der Waals surface area contributed by atoms with E-state index < -0.39 is 21.0 Å². The van der Waals surface area contributed by atoms with Crippen LogP contribution in [0.3, 0.4) is 0 Å². The first-order valence-corrected chi connectivity index (χ1v) is 7.23. The summed E-state index contributed by atoms with van der Waals surface area (Å²) in [5.74, 6) is -0.00238. The second-order valence-electron chi connectivity index (χ2n) is 4.81. The molecule has 2 aromatic rings. The fourth-order valence-electron chi connectivity index (χ4n) is 1.69. The fourth-order valence-corrected chi connectivity index (χ4v) is 3.15. The highest BCUT2D eigenvalue weighted by atomic mass is 32.2. The number of rotatable bonds is 4. The van der Waals surface area contributed by atoms with Crippen molar-refractivity contribution in [2.45, 2.75) is 29.9 Å². The summed E-state index contributed by atoms with van der Waals surface area (Å²) in [6.07, 6.45) is 1.23. The molecule has 8 heteroatoms. The van der Waals surface area contributed by atoms with Gasteiger partial charge in [0.05, 0.1) is 7.11 Å². The molecule has 0 atom stereocenters. The molecular formula is C12H14F2N2O3S. The van der Waals surface area contributed by atoms with E-state index in [2.05, 4.69) is 4.98 Å². The van der Waals surface area contributed by atoms with Crippen LogP contribution in [0.15, 0.2) is 29.6 Å². The normalized spacial score (nSPS) is 13.1. The SMILES string of the molecule is COc1cc2nccn2cc1S(=O)(=O)C(C)(C)C(F)F. The molecule has 110 valence electrons. The number of pyridine rings is 1. The third kappa shape index (κ3) is 2.04. The van der Waals surface area contributed by atoms with E-state index in [1.54, 1.807) is 0 Å². The van der Waals surface area contributed by atoms with Crippen LogP contribution < -0.4 is 4.74 Å². The topological polar surface area (TPSA) is 60.7 Å². The molecule has 0 saturated heterocycles. The summed E-state index contributed by atoms with van der Waals surface area (Å²) in [6, 6.07) is 1.40. The van der Waals surface area contributed by atoms with Crippen molar-refractivity contribution in [3.8, 4) is 5.75 Å². The Morgan fingerprint density at radius 1 is 1.40 bits per heavy atom. The highest BCUT2D eigenvalue weighted by molar-refractivity contribution is 7.93. The van der Waals surface area contributed by atoms with Crippen molar-refractivity contribution in [3.63, 3.8) is 0 Å². The van der Waals surface area contributed by atoms with Gasteiger partial charge in [0.25, 0.3) is 6.43 Å². The third-order valence-corrected chi connectivity index (χ3v) is 5.63. The quantitative estimate of drug-likeness (QED) is 0.868. The van der Waals surface area contributed by atoms with Gasteiger partial charge in [-0.05, 0) is 13.8 Å². The number of methoxy groups -OCH3 is 1. The van der Waals surface area contributed by atoms with Crippen LogP contribution >= 0.6 is 0 Å². The van der Waals surface area contributed by atoms with Crippen molar-refractivity contribution in [1.29, 1.82) is 0 Å². The van der Waals surface area contributed by atoms with E-state index >= 15 is 0 Å². The van der Waals surface area contributed by atoms with Gasteiger partial charge in [0.15, 0.2) is 9.84 Å². The van der Waals surface area contributed by atoms with Crippen LogP contribution in [0.2, 0.25) is 0 Å². The number of imidazole rings is 1. The average molecular weight is 304 g/mol. The molecule has 2 aromatic heterocycles. The van der Waals surface area contributed by atoms with Crippen molar-refractivity contribution in [1.82, 2.24) is 9.38 Å². The van der Waals surface area contributed by atoms with Crippen LogP contribution in [0, 0.1) is 0 Å². The molecule has 0 aliphatic carbocycles. The predicted molar refractivity (Wildman–Crippen MR) is 69.0 cm³/mol. The van der Waals surface area contributed by atoms with Gasteiger partial charge < -0.3 is 9.14 Å². The summed E-state index contributed by atoms with van der Waals surface area (Å²) in [4.78, 5) is 3.71. The molecule has 2 heterocycles. The van der Waals surface area contributed by atoms with E-state index in [1.807, 2.05) is 0 Å². The zero-order valence-electron chi connectivity index (χ0n) is 11.2. The molecule has 2 rings (SSSR count). The average Bonchev–Trinajstić information content (AvgIpc) is 2.83. The largest absolute Gasteiger partial charge is 0.495 e. The Bertz CT molecular complexity index is 738. The lowest BCUT2D eigenvalue weighted by atomic mass is 10.2. The number of sulfone groups is 1. The minimum atomic E-state index is -4.27. The van der Waals surface area contributed by atoms with Crippen LogP contribution in [0.5, 0.6) is 5.75 Å². The molecule has 0 N–H and O–H groups in total. The van der Waals surface area contributed by atoms with Gasteiger partial charge in [-0.1, -0.05) is 0 Å². The second kappa shape index (κ2) is 4.69. The zero-order chi connectivity index (χ0) is 15.1. The molecule has 5 nitrogen and oxygen atoms in total. The van der Waals surface area contributed by atoms with Crippen molar-refractivity contribution in [2.24, 2.45) is 0 Å². The lowest BCUT2D eigenvalue weighted by molar-refractivity contribution is 0.108. The summed E-state index contributed by atoms with van der Waals surface area (Å²) < 4.78 is 55.2. The number of hydrogen-bond acceptors (Lipinski definition) is 4. The van der Waals surface area contributed by atoms with Gasteiger partial charge in [-0.3, -0.25) is 0 Å². The van der Waals surface area contributed by atoms with E-state index in [-0.39, 0.29) is 10.6 Å². The number of aromatic nitrogens is 2. The van der Waals surface area contributed by atoms with Gasteiger partial charge in [0.2, 0.25) is 0 Å². The van der Waals surface area contributed by atoms with Gasteiger partial charge in [-0.15, -0.1) is 0 Å². The fraction of sp³-hybridized carbons (Fsp3) is 0.417. The van der Waals surface area contributed by atoms with E-state index in [1.165, 1.54) is 36.2 Å². The molecule has 0 aromatic carbocycles. The lowest BCUT2D eigenvalue weighted by Crippen LogP contribution is -2.39. The number of halogens is 2. The summed E-state index contributed by atoms with van der Waals surface area (Å²) in [5.41, 5.74) is 0.468. The minimum Gasteiger partial charge on any atom is -0.495 e. The first-order valence-electron chi connectivity index (χ1n) is 5.75. The van der Waals surface area contributed by atoms with Crippen molar-refractivity contribution < 1.29 is 21.9 Å². The monoisotopic (exact) mass is 304 g/mol. The van der Waals surface area contributed by atoms with Gasteiger partial charge in [0.1, 0.15) is 21.0 Å². The van der Waals surface area contributed by atoms with Crippen molar-refractivity contribution in [3.05, 3.63) is 24.7 Å². The zero-order valence-corrected chi connectivity index (χ0v) is 12.0. The third-order valence-electron chi connectivity index (χ3n) is 3.19. The highest BCUT2D eigenvalue weighted by Crippen LogP contribution is 2.36. The molecule has 0 fully saturated rings. The van der Waals surface area contributed by atoms with Gasteiger partial charge >= 0.3 is 0 Å². The molecule has 0 spiro atoms. The van der Waals surface area contributed by atoms with Crippen LogP contribution in [-0.2, 0) is 9.84 Å². The molecule has 0 saturated carbocycles. The maximum atomic E-state index is 13.0. The number of fused-ring (bicyclic) bond motifs is 1. The number of hydrogen-bond donors (Lipinski definition) is 0. The minimum absolute atomic E-state index is 0.00238. The summed E-state index contributed by atoms with van der Waals surface area (Å²) >= 11 is 0. The van der Waals surface area contributed by atoms with Crippen LogP contribution in [0.25, 0.3) is 5.65 Å². The maximum Gasteiger partial charge on any atom is 0.257 e. The van der Waals surface area contributed by atoms with Gasteiger partial charge in [-0.25, -0.2) is 22.2 Å². The molecule has 0 unspecified atom stereocenters. The standard InChI is InChI=1S/C12H14F2N2O3S/c1-12(2,11(13)14)20(17,18)9-7-16-5-4-15-10(16)6-8(9)19-3/h4-7,11H,1-3H3. The van der Waals surface area contributed by atoms with E-state index in [4.69, 9.17) is 4.74 Å². The van der Waals surface area contributed by atoms with Crippen molar-refractivity contribution >= 4 is 15.5 Å². The Morgan fingerprint density at radius 2 is 2.05 bits per heavy atom. The van der Waals surface area contributed by atoms with Crippen LogP contribution in [-0.4, -0.2) is 36.1 Å². The Morgan fingerprint density at radius 3 is 2.60 bits per heavy atom. The molecule has 0 amide bonds. The highest BCUT2D eigenvalue weighted by Gasteiger charge is 2.45. The number of nitrogens with zero attached hydrogens (tertiary/aromatic N) is 2. The number of alkyl halides is 2. The molecule has 0 radical (unpaired) electrons. The van der Waals surface area contributed by atoms with E-state index in [0.717, 1.165) is 13.8 Å². The summed E-state index contributed by atoms with van der Waals surface area (Å²) in [5, 5.41) is 0. The van der Waals surface area contributed by atoms with Crippen LogP contribution in [0.4, 0.5) is 8.78 Å². The second-order valence-corrected chi connectivity index (χ2v) is 7.31. The maximum absolute atomic E-state index is 13.0. The Kier molecular flexibility index (Phi) is 3.45. The van der Waals surface area contributed by atoms with Crippen molar-refractivity contribution in [2.75, 3.05) is 7.11 Å². The molecule has 0 bridgehead atoms. The number of ether oxygens (including phenoxy) is 1. The van der Waals surface area contributed by atoms with Gasteiger partial charge in [-0.2, -0.15) is 0 Å². The molecule has 0 aliphatic heterocycles.